The van der Waals surface area contributed by atoms with Gasteiger partial charge in [-0.3, -0.25) is 0 Å². The molecule has 0 N–H and O–H groups in total. The van der Waals surface area contributed by atoms with Crippen LogP contribution in [0.1, 0.15) is 11.1 Å². The molecule has 0 bridgehead atoms. The molecule has 1 aliphatic rings. The Morgan fingerprint density at radius 2 is 1.72 bits per heavy atom. The Morgan fingerprint density at radius 1 is 0.960 bits per heavy atom. The first-order valence-corrected chi connectivity index (χ1v) is 8.79. The van der Waals surface area contributed by atoms with Crippen LogP contribution in [0.25, 0.3) is 16.3 Å². The van der Waals surface area contributed by atoms with Crippen molar-refractivity contribution in [2.75, 3.05) is 20.8 Å². The molecule has 0 aromatic heterocycles. The minimum atomic E-state index is 0.558. The third kappa shape index (κ3) is 2.67. The fourth-order valence-electron chi connectivity index (χ4n) is 3.27. The predicted molar refractivity (Wildman–Crippen MR) is 104 cm³/mol. The topological polar surface area (TPSA) is 27.7 Å². The predicted octanol–water partition coefficient (Wildman–Crippen LogP) is 5.44. The molecule has 0 unspecified atom stereocenters. The highest BCUT2D eigenvalue weighted by atomic mass is 79.9. The van der Waals surface area contributed by atoms with Crippen molar-refractivity contribution in [3.05, 3.63) is 70.2 Å². The molecule has 0 spiro atoms. The first kappa shape index (κ1) is 16.0. The first-order valence-electron chi connectivity index (χ1n) is 8.00. The maximum atomic E-state index is 5.89. The average molecular weight is 397 g/mol. The van der Waals surface area contributed by atoms with Gasteiger partial charge in [-0.25, -0.2) is 0 Å². The summed E-state index contributed by atoms with van der Waals surface area (Å²) in [4.78, 5) is 0. The highest BCUT2D eigenvalue weighted by Crippen LogP contribution is 2.44. The van der Waals surface area contributed by atoms with Crippen LogP contribution in [-0.4, -0.2) is 20.8 Å². The lowest BCUT2D eigenvalue weighted by atomic mass is 9.91. The van der Waals surface area contributed by atoms with E-state index in [2.05, 4.69) is 40.2 Å². The van der Waals surface area contributed by atoms with Gasteiger partial charge in [0.15, 0.2) is 11.5 Å². The molecule has 4 heteroatoms. The summed E-state index contributed by atoms with van der Waals surface area (Å²) in [5.41, 5.74) is 3.39. The summed E-state index contributed by atoms with van der Waals surface area (Å²) in [6.45, 7) is 0.558. The van der Waals surface area contributed by atoms with Gasteiger partial charge in [-0.05, 0) is 52.3 Å². The van der Waals surface area contributed by atoms with Crippen molar-refractivity contribution in [2.24, 2.45) is 0 Å². The second-order valence-corrected chi connectivity index (χ2v) is 6.63. The van der Waals surface area contributed by atoms with E-state index in [1.807, 2.05) is 30.3 Å². The van der Waals surface area contributed by atoms with Gasteiger partial charge in [-0.15, -0.1) is 0 Å². The molecule has 0 saturated heterocycles. The van der Waals surface area contributed by atoms with E-state index < -0.39 is 0 Å². The van der Waals surface area contributed by atoms with E-state index in [1.54, 1.807) is 14.2 Å². The van der Waals surface area contributed by atoms with Crippen LogP contribution in [0.3, 0.4) is 0 Å². The highest BCUT2D eigenvalue weighted by Gasteiger charge is 2.21. The van der Waals surface area contributed by atoms with E-state index in [9.17, 15) is 0 Å². The van der Waals surface area contributed by atoms with Crippen LogP contribution < -0.4 is 14.2 Å². The number of hydrogen-bond acceptors (Lipinski definition) is 3. The van der Waals surface area contributed by atoms with Crippen molar-refractivity contribution in [1.29, 1.82) is 0 Å². The van der Waals surface area contributed by atoms with E-state index in [1.165, 1.54) is 0 Å². The molecule has 25 heavy (non-hydrogen) atoms. The summed E-state index contributed by atoms with van der Waals surface area (Å²) in [5, 5.41) is 2.16. The minimum Gasteiger partial charge on any atom is -0.493 e. The molecule has 0 radical (unpaired) electrons. The molecule has 3 aromatic carbocycles. The first-order chi connectivity index (χ1) is 12.2. The van der Waals surface area contributed by atoms with Crippen molar-refractivity contribution in [3.8, 4) is 17.2 Å². The smallest absolute Gasteiger partial charge is 0.161 e. The molecular formula is C21H17BrO3. The lowest BCUT2D eigenvalue weighted by molar-refractivity contribution is 0.355. The van der Waals surface area contributed by atoms with Crippen molar-refractivity contribution < 1.29 is 14.2 Å². The number of fused-ring (bicyclic) bond motifs is 3. The summed E-state index contributed by atoms with van der Waals surface area (Å²) in [6, 6.07) is 16.3. The van der Waals surface area contributed by atoms with Crippen LogP contribution in [0.15, 0.2) is 59.1 Å². The maximum absolute atomic E-state index is 5.89. The average Bonchev–Trinajstić information content (AvgIpc) is 2.66. The zero-order chi connectivity index (χ0) is 17.4. The number of halogens is 1. The Morgan fingerprint density at radius 3 is 2.48 bits per heavy atom. The van der Waals surface area contributed by atoms with E-state index in [0.29, 0.717) is 12.4 Å². The quantitative estimate of drug-likeness (QED) is 0.589. The molecule has 0 amide bonds. The van der Waals surface area contributed by atoms with Gasteiger partial charge in [0.1, 0.15) is 12.4 Å². The molecule has 126 valence electrons. The van der Waals surface area contributed by atoms with E-state index >= 15 is 0 Å². The second-order valence-electron chi connectivity index (χ2n) is 5.78. The van der Waals surface area contributed by atoms with E-state index in [0.717, 1.165) is 43.4 Å². The van der Waals surface area contributed by atoms with E-state index in [-0.39, 0.29) is 0 Å². The lowest BCUT2D eigenvalue weighted by Gasteiger charge is -2.22. The monoisotopic (exact) mass is 396 g/mol. The van der Waals surface area contributed by atoms with Crippen LogP contribution in [0, 0.1) is 0 Å². The third-order valence-electron chi connectivity index (χ3n) is 4.45. The molecular weight excluding hydrogens is 380 g/mol. The normalized spacial score (nSPS) is 13.0. The fourth-order valence-corrected chi connectivity index (χ4v) is 3.77. The Kier molecular flexibility index (Phi) is 4.14. The van der Waals surface area contributed by atoms with E-state index in [4.69, 9.17) is 14.2 Å². The van der Waals surface area contributed by atoms with Crippen LogP contribution >= 0.6 is 15.9 Å². The molecule has 0 aliphatic carbocycles. The molecule has 0 atom stereocenters. The Hall–Kier alpha value is -2.46. The van der Waals surface area contributed by atoms with Crippen molar-refractivity contribution in [2.45, 2.75) is 0 Å². The van der Waals surface area contributed by atoms with Crippen molar-refractivity contribution in [3.63, 3.8) is 0 Å². The minimum absolute atomic E-state index is 0.558. The van der Waals surface area contributed by atoms with Gasteiger partial charge in [0.05, 0.1) is 14.2 Å². The van der Waals surface area contributed by atoms with Gasteiger partial charge in [-0.1, -0.05) is 40.2 Å². The summed E-state index contributed by atoms with van der Waals surface area (Å²) >= 11 is 3.67. The number of rotatable bonds is 3. The number of hydrogen-bond donors (Lipinski definition) is 0. The standard InChI is InChI=1S/C21H17BrO3/c1-23-19-11-13-7-8-18-21(16(13)12-20(19)24-2)15(9-10-25-18)14-5-3-4-6-17(14)22/h3-9,11-12H,10H2,1-2H3. The van der Waals surface area contributed by atoms with Crippen molar-refractivity contribution in [1.82, 2.24) is 0 Å². The van der Waals surface area contributed by atoms with Gasteiger partial charge in [-0.2, -0.15) is 0 Å². The van der Waals surface area contributed by atoms with Gasteiger partial charge in [0, 0.05) is 10.0 Å². The Balaban J connectivity index is 2.02. The summed E-state index contributed by atoms with van der Waals surface area (Å²) in [7, 11) is 3.30. The molecule has 3 nitrogen and oxygen atoms in total. The summed E-state index contributed by atoms with van der Waals surface area (Å²) in [5.74, 6) is 2.31. The van der Waals surface area contributed by atoms with Crippen LogP contribution in [0.4, 0.5) is 0 Å². The third-order valence-corrected chi connectivity index (χ3v) is 5.14. The molecule has 0 saturated carbocycles. The number of methoxy groups -OCH3 is 2. The number of ether oxygens (including phenoxy) is 3. The van der Waals surface area contributed by atoms with Gasteiger partial charge in [0.2, 0.25) is 0 Å². The van der Waals surface area contributed by atoms with Crippen LogP contribution in [0.5, 0.6) is 17.2 Å². The second kappa shape index (κ2) is 6.45. The Labute approximate surface area is 155 Å². The van der Waals surface area contributed by atoms with Gasteiger partial charge >= 0.3 is 0 Å². The lowest BCUT2D eigenvalue weighted by Crippen LogP contribution is -2.06. The molecule has 4 rings (SSSR count). The van der Waals surface area contributed by atoms with Gasteiger partial charge < -0.3 is 14.2 Å². The zero-order valence-electron chi connectivity index (χ0n) is 14.0. The molecule has 0 fully saturated rings. The Bertz CT molecular complexity index is 992. The fraction of sp³-hybridized carbons (Fsp3) is 0.143. The SMILES string of the molecule is COc1cc2ccc3c(c2cc1OC)C(c1ccccc1Br)=CCO3. The highest BCUT2D eigenvalue weighted by molar-refractivity contribution is 9.10. The van der Waals surface area contributed by atoms with Crippen LogP contribution in [0.2, 0.25) is 0 Å². The number of benzene rings is 3. The summed E-state index contributed by atoms with van der Waals surface area (Å²) < 4.78 is 17.9. The molecule has 1 heterocycles. The molecule has 1 aliphatic heterocycles. The summed E-state index contributed by atoms with van der Waals surface area (Å²) in [6.07, 6.45) is 2.12. The van der Waals surface area contributed by atoms with Crippen LogP contribution in [-0.2, 0) is 0 Å². The maximum Gasteiger partial charge on any atom is 0.161 e. The van der Waals surface area contributed by atoms with Gasteiger partial charge in [0.25, 0.3) is 0 Å². The largest absolute Gasteiger partial charge is 0.493 e. The zero-order valence-corrected chi connectivity index (χ0v) is 15.6. The van der Waals surface area contributed by atoms with Crippen molar-refractivity contribution >= 4 is 32.3 Å². The molecule has 3 aromatic rings.